The first-order valence-electron chi connectivity index (χ1n) is 7.89. The second-order valence-electron chi connectivity index (χ2n) is 5.54. The van der Waals surface area contributed by atoms with E-state index in [9.17, 15) is 5.11 Å². The van der Waals surface area contributed by atoms with Crippen molar-refractivity contribution in [2.45, 2.75) is 18.9 Å². The first-order chi connectivity index (χ1) is 11.1. The fourth-order valence-corrected chi connectivity index (χ4v) is 2.25. The van der Waals surface area contributed by atoms with Gasteiger partial charge in [0.05, 0.1) is 6.10 Å². The van der Waals surface area contributed by atoms with E-state index in [1.807, 2.05) is 7.05 Å². The molecule has 0 saturated heterocycles. The second kappa shape index (κ2) is 10.8. The van der Waals surface area contributed by atoms with E-state index in [0.29, 0.717) is 12.5 Å². The number of aliphatic hydroxyl groups excluding tert-OH is 1. The summed E-state index contributed by atoms with van der Waals surface area (Å²) in [5.41, 5.74) is 2.13. The van der Waals surface area contributed by atoms with E-state index in [1.165, 1.54) is 5.56 Å². The van der Waals surface area contributed by atoms with Crippen LogP contribution in [0.25, 0.3) is 0 Å². The minimum absolute atomic E-state index is 0.183. The lowest BCUT2D eigenvalue weighted by Gasteiger charge is -2.09. The Morgan fingerprint density at radius 1 is 0.870 bits per heavy atom. The highest BCUT2D eigenvalue weighted by atomic mass is 16.3. The smallest absolute Gasteiger partial charge is 0.115 e. The predicted octanol–water partition coefficient (Wildman–Crippen LogP) is 2.65. The Hall–Kier alpha value is -1.88. The summed E-state index contributed by atoms with van der Waals surface area (Å²) in [7, 11) is 3.76. The minimum Gasteiger partial charge on any atom is -0.508 e. The van der Waals surface area contributed by atoms with Gasteiger partial charge in [0.25, 0.3) is 0 Å². The molecule has 1 unspecified atom stereocenters. The zero-order valence-electron chi connectivity index (χ0n) is 14.2. The molecule has 0 amide bonds. The SMILES string of the molecule is CNCC(C)c1ccccc1.CNC[C@H](O)c1cccc(O)c1. The summed E-state index contributed by atoms with van der Waals surface area (Å²) in [6.07, 6.45) is -0.554. The third kappa shape index (κ3) is 7.28. The van der Waals surface area contributed by atoms with E-state index < -0.39 is 6.10 Å². The average molecular weight is 316 g/mol. The molecule has 0 heterocycles. The summed E-state index contributed by atoms with van der Waals surface area (Å²) in [4.78, 5) is 0. The third-order valence-corrected chi connectivity index (χ3v) is 3.53. The van der Waals surface area contributed by atoms with E-state index in [2.05, 4.69) is 47.9 Å². The Labute approximate surface area is 139 Å². The fraction of sp³-hybridized carbons (Fsp3) is 0.368. The number of benzene rings is 2. The van der Waals surface area contributed by atoms with Gasteiger partial charge in [-0.3, -0.25) is 0 Å². The Balaban J connectivity index is 0.000000231. The molecule has 2 aromatic rings. The standard InChI is InChI=1S/C10H15N.C9H13NO2/c1-9(8-11-2)10-6-4-3-5-7-10;1-10-6-9(12)7-3-2-4-8(11)5-7/h3-7,9,11H,8H2,1-2H3;2-5,9-12H,6H2,1H3/t;9-/m.0/s1. The first kappa shape index (κ1) is 19.2. The third-order valence-electron chi connectivity index (χ3n) is 3.53. The van der Waals surface area contributed by atoms with Crippen molar-refractivity contribution in [3.63, 3.8) is 0 Å². The van der Waals surface area contributed by atoms with Gasteiger partial charge in [-0.2, -0.15) is 0 Å². The largest absolute Gasteiger partial charge is 0.508 e. The number of hydrogen-bond acceptors (Lipinski definition) is 4. The average Bonchev–Trinajstić information content (AvgIpc) is 2.57. The first-order valence-corrected chi connectivity index (χ1v) is 7.89. The van der Waals surface area contributed by atoms with Gasteiger partial charge in [0, 0.05) is 13.1 Å². The highest BCUT2D eigenvalue weighted by Gasteiger charge is 2.05. The van der Waals surface area contributed by atoms with E-state index >= 15 is 0 Å². The number of phenolic OH excluding ortho intramolecular Hbond substituents is 1. The van der Waals surface area contributed by atoms with Crippen molar-refractivity contribution in [3.8, 4) is 5.75 Å². The van der Waals surface area contributed by atoms with Crippen molar-refractivity contribution < 1.29 is 10.2 Å². The van der Waals surface area contributed by atoms with E-state index in [4.69, 9.17) is 5.11 Å². The lowest BCUT2D eigenvalue weighted by molar-refractivity contribution is 0.177. The summed E-state index contributed by atoms with van der Waals surface area (Å²) in [6.45, 7) is 3.76. The van der Waals surface area contributed by atoms with Gasteiger partial charge in [-0.25, -0.2) is 0 Å². The molecule has 0 saturated carbocycles. The lowest BCUT2D eigenvalue weighted by atomic mass is 10.0. The number of likely N-dealkylation sites (N-methyl/N-ethyl adjacent to an activating group) is 2. The molecule has 4 nitrogen and oxygen atoms in total. The van der Waals surface area contributed by atoms with Gasteiger partial charge >= 0.3 is 0 Å². The molecule has 0 spiro atoms. The highest BCUT2D eigenvalue weighted by Crippen LogP contribution is 2.17. The van der Waals surface area contributed by atoms with Crippen LogP contribution in [-0.2, 0) is 0 Å². The van der Waals surface area contributed by atoms with Crippen molar-refractivity contribution in [3.05, 3.63) is 65.7 Å². The molecule has 0 aliphatic heterocycles. The molecular formula is C19H28N2O2. The summed E-state index contributed by atoms with van der Waals surface area (Å²) in [5.74, 6) is 0.795. The highest BCUT2D eigenvalue weighted by molar-refractivity contribution is 5.28. The number of hydrogen-bond donors (Lipinski definition) is 4. The van der Waals surface area contributed by atoms with Gasteiger partial charge in [-0.15, -0.1) is 0 Å². The van der Waals surface area contributed by atoms with Crippen LogP contribution < -0.4 is 10.6 Å². The monoisotopic (exact) mass is 316 g/mol. The van der Waals surface area contributed by atoms with Gasteiger partial charge in [-0.05, 0) is 43.3 Å². The lowest BCUT2D eigenvalue weighted by Crippen LogP contribution is -2.16. The summed E-state index contributed by atoms with van der Waals surface area (Å²) in [6, 6.07) is 17.2. The molecule has 2 rings (SSSR count). The maximum Gasteiger partial charge on any atom is 0.115 e. The summed E-state index contributed by atoms with van der Waals surface area (Å²) < 4.78 is 0. The number of phenols is 1. The minimum atomic E-state index is -0.554. The molecule has 4 heteroatoms. The molecule has 2 aromatic carbocycles. The van der Waals surface area contributed by atoms with Crippen LogP contribution in [0.2, 0.25) is 0 Å². The molecule has 0 aromatic heterocycles. The van der Waals surface area contributed by atoms with Crippen molar-refractivity contribution in [1.82, 2.24) is 10.6 Å². The Bertz CT molecular complexity index is 546. The molecule has 0 bridgehead atoms. The Kier molecular flexibility index (Phi) is 8.98. The van der Waals surface area contributed by atoms with Gasteiger partial charge in [-0.1, -0.05) is 49.4 Å². The van der Waals surface area contributed by atoms with Crippen molar-refractivity contribution in [1.29, 1.82) is 0 Å². The van der Waals surface area contributed by atoms with Crippen molar-refractivity contribution in [2.24, 2.45) is 0 Å². The molecule has 126 valence electrons. The zero-order valence-corrected chi connectivity index (χ0v) is 14.2. The summed E-state index contributed by atoms with van der Waals surface area (Å²) in [5, 5.41) is 24.6. The molecule has 2 atom stereocenters. The van der Waals surface area contributed by atoms with Crippen LogP contribution in [0.5, 0.6) is 5.75 Å². The van der Waals surface area contributed by atoms with E-state index in [1.54, 1.807) is 31.3 Å². The van der Waals surface area contributed by atoms with E-state index in [0.717, 1.165) is 12.1 Å². The van der Waals surface area contributed by atoms with Crippen LogP contribution in [0.1, 0.15) is 30.1 Å². The van der Waals surface area contributed by atoms with Crippen LogP contribution in [-0.4, -0.2) is 37.4 Å². The van der Waals surface area contributed by atoms with Gasteiger partial charge < -0.3 is 20.8 Å². The number of rotatable bonds is 6. The topological polar surface area (TPSA) is 64.5 Å². The molecule has 23 heavy (non-hydrogen) atoms. The number of aliphatic hydroxyl groups is 1. The predicted molar refractivity (Wildman–Crippen MR) is 95.8 cm³/mol. The van der Waals surface area contributed by atoms with Crippen LogP contribution in [0, 0.1) is 0 Å². The van der Waals surface area contributed by atoms with Crippen LogP contribution >= 0.6 is 0 Å². The van der Waals surface area contributed by atoms with Crippen molar-refractivity contribution in [2.75, 3.05) is 27.2 Å². The molecule has 4 N–H and O–H groups in total. The normalized spacial score (nSPS) is 12.9. The maximum absolute atomic E-state index is 9.47. The molecule has 0 radical (unpaired) electrons. The Morgan fingerprint density at radius 3 is 2.04 bits per heavy atom. The van der Waals surface area contributed by atoms with Gasteiger partial charge in [0.2, 0.25) is 0 Å². The van der Waals surface area contributed by atoms with Gasteiger partial charge in [0.15, 0.2) is 0 Å². The number of nitrogens with one attached hydrogen (secondary N) is 2. The quantitative estimate of drug-likeness (QED) is 0.661. The van der Waals surface area contributed by atoms with Gasteiger partial charge in [0.1, 0.15) is 5.75 Å². The zero-order chi connectivity index (χ0) is 17.1. The number of aromatic hydroxyl groups is 1. The molecule has 0 aliphatic rings. The summed E-state index contributed by atoms with van der Waals surface area (Å²) >= 11 is 0. The van der Waals surface area contributed by atoms with E-state index in [-0.39, 0.29) is 5.75 Å². The van der Waals surface area contributed by atoms with Crippen LogP contribution in [0.4, 0.5) is 0 Å². The Morgan fingerprint density at radius 2 is 1.48 bits per heavy atom. The van der Waals surface area contributed by atoms with Crippen LogP contribution in [0.15, 0.2) is 54.6 Å². The van der Waals surface area contributed by atoms with Crippen LogP contribution in [0.3, 0.4) is 0 Å². The maximum atomic E-state index is 9.47. The molecule has 0 fully saturated rings. The van der Waals surface area contributed by atoms with Crippen molar-refractivity contribution >= 4 is 0 Å². The fourth-order valence-electron chi connectivity index (χ4n) is 2.25. The second-order valence-corrected chi connectivity index (χ2v) is 5.54. The molecular weight excluding hydrogens is 288 g/mol. The molecule has 0 aliphatic carbocycles.